The third-order valence-corrected chi connectivity index (χ3v) is 6.35. The van der Waals surface area contributed by atoms with E-state index in [-0.39, 0.29) is 17.4 Å². The van der Waals surface area contributed by atoms with Gasteiger partial charge in [-0.2, -0.15) is 0 Å². The Morgan fingerprint density at radius 1 is 1.50 bits per heavy atom. The number of thiophene rings is 1. The Morgan fingerprint density at radius 2 is 2.27 bits per heavy atom. The molecule has 0 bridgehead atoms. The van der Waals surface area contributed by atoms with E-state index in [1.807, 2.05) is 22.4 Å². The van der Waals surface area contributed by atoms with Crippen LogP contribution >= 0.6 is 34.3 Å². The Morgan fingerprint density at radius 3 is 2.91 bits per heavy atom. The maximum atomic E-state index is 12.7. The average molecular weight is 356 g/mol. The fourth-order valence-electron chi connectivity index (χ4n) is 2.62. The van der Waals surface area contributed by atoms with E-state index in [1.165, 1.54) is 22.7 Å². The third-order valence-electron chi connectivity index (χ3n) is 4.11. The molecule has 0 saturated carbocycles. The molecule has 1 saturated heterocycles. The number of aromatic nitrogens is 1. The molecule has 3 heterocycles. The number of nitrogens with zero attached hydrogens (tertiary/aromatic N) is 2. The lowest BCUT2D eigenvalue weighted by Gasteiger charge is -2.42. The second-order valence-corrected chi connectivity index (χ2v) is 8.83. The largest absolute Gasteiger partial charge is 0.337 e. The van der Waals surface area contributed by atoms with Crippen LogP contribution in [0, 0.1) is 5.41 Å². The number of rotatable bonds is 2. The number of carbonyl (C=O) groups is 1. The fraction of sp³-hybridized carbons (Fsp3) is 0.467. The second-order valence-electron chi connectivity index (χ2n) is 6.25. The van der Waals surface area contributed by atoms with Crippen molar-refractivity contribution >= 4 is 40.2 Å². The third kappa shape index (κ3) is 3.06. The number of likely N-dealkylation sites (tertiary alicyclic amines) is 1. The van der Waals surface area contributed by atoms with Gasteiger partial charge in [-0.25, -0.2) is 4.98 Å². The Bertz CT molecular complexity index is 695. The smallest absolute Gasteiger partial charge is 0.273 e. The summed E-state index contributed by atoms with van der Waals surface area (Å²) in [5.74, 6) is -0.00914. The lowest BCUT2D eigenvalue weighted by atomic mass is 9.79. The summed E-state index contributed by atoms with van der Waals surface area (Å²) in [4.78, 5) is 20.0. The van der Waals surface area contributed by atoms with Crippen LogP contribution in [0.5, 0.6) is 0 Å². The van der Waals surface area contributed by atoms with E-state index >= 15 is 0 Å². The highest BCUT2D eigenvalue weighted by atomic mass is 35.5. The van der Waals surface area contributed by atoms with Crippen molar-refractivity contribution in [2.24, 2.45) is 11.1 Å². The van der Waals surface area contributed by atoms with E-state index in [0.717, 1.165) is 20.6 Å². The maximum Gasteiger partial charge on any atom is 0.273 e. The molecule has 3 rings (SSSR count). The highest BCUT2D eigenvalue weighted by Gasteiger charge is 2.36. The van der Waals surface area contributed by atoms with Gasteiger partial charge >= 0.3 is 0 Å². The minimum atomic E-state index is -0.0615. The first-order valence-corrected chi connectivity index (χ1v) is 9.20. The molecule has 118 valence electrons. The molecular weight excluding hydrogens is 338 g/mol. The fourth-order valence-corrected chi connectivity index (χ4v) is 4.53. The molecule has 0 radical (unpaired) electrons. The summed E-state index contributed by atoms with van der Waals surface area (Å²) >= 11 is 8.91. The van der Waals surface area contributed by atoms with Crippen LogP contribution in [0.3, 0.4) is 0 Å². The SMILES string of the molecule is CC1(C)CN(C(=O)c2csc(-c3ccc(Cl)s3)n2)CCC1N. The number of thiazole rings is 1. The highest BCUT2D eigenvalue weighted by Crippen LogP contribution is 2.34. The predicted molar refractivity (Wildman–Crippen MR) is 92.7 cm³/mol. The van der Waals surface area contributed by atoms with Gasteiger partial charge < -0.3 is 10.6 Å². The van der Waals surface area contributed by atoms with Crippen molar-refractivity contribution in [3.05, 3.63) is 27.5 Å². The summed E-state index contributed by atoms with van der Waals surface area (Å²) < 4.78 is 0.727. The minimum Gasteiger partial charge on any atom is -0.337 e. The Labute approximate surface area is 142 Å². The van der Waals surface area contributed by atoms with Crippen molar-refractivity contribution in [2.45, 2.75) is 26.3 Å². The number of hydrogen-bond acceptors (Lipinski definition) is 5. The number of hydrogen-bond donors (Lipinski definition) is 1. The van der Waals surface area contributed by atoms with Gasteiger partial charge in [-0.15, -0.1) is 22.7 Å². The minimum absolute atomic E-state index is 0.00914. The van der Waals surface area contributed by atoms with E-state index in [9.17, 15) is 4.79 Å². The van der Waals surface area contributed by atoms with Crippen LogP contribution in [0.1, 0.15) is 30.8 Å². The predicted octanol–water partition coefficient (Wildman–Crippen LogP) is 3.72. The zero-order valence-electron chi connectivity index (χ0n) is 12.5. The van der Waals surface area contributed by atoms with Crippen molar-refractivity contribution in [1.82, 2.24) is 9.88 Å². The Balaban J connectivity index is 1.77. The molecule has 2 aromatic heterocycles. The molecule has 0 aliphatic carbocycles. The van der Waals surface area contributed by atoms with Crippen molar-refractivity contribution in [3.63, 3.8) is 0 Å². The molecule has 0 aromatic carbocycles. The first-order valence-electron chi connectivity index (χ1n) is 7.13. The van der Waals surface area contributed by atoms with Gasteiger partial charge in [0.1, 0.15) is 10.7 Å². The summed E-state index contributed by atoms with van der Waals surface area (Å²) in [6, 6.07) is 3.91. The number of halogens is 1. The molecule has 1 aliphatic rings. The number of amides is 1. The zero-order chi connectivity index (χ0) is 15.9. The summed E-state index contributed by atoms with van der Waals surface area (Å²) in [7, 11) is 0. The van der Waals surface area contributed by atoms with Gasteiger partial charge in [-0.1, -0.05) is 25.4 Å². The van der Waals surface area contributed by atoms with Gasteiger partial charge in [-0.05, 0) is 24.0 Å². The number of nitrogens with two attached hydrogens (primary N) is 1. The quantitative estimate of drug-likeness (QED) is 0.893. The molecule has 7 heteroatoms. The van der Waals surface area contributed by atoms with Crippen LogP contribution in [0.25, 0.3) is 9.88 Å². The summed E-state index contributed by atoms with van der Waals surface area (Å²) in [5.41, 5.74) is 6.58. The van der Waals surface area contributed by atoms with Gasteiger partial charge in [0.25, 0.3) is 5.91 Å². The molecule has 1 amide bonds. The zero-order valence-corrected chi connectivity index (χ0v) is 14.9. The standard InChI is InChI=1S/C15H18ClN3OS2/c1-15(2)8-19(6-5-11(15)17)14(20)9-7-21-13(18-9)10-3-4-12(16)22-10/h3-4,7,11H,5-6,8,17H2,1-2H3. The Hall–Kier alpha value is -0.950. The number of carbonyl (C=O) groups excluding carboxylic acids is 1. The molecule has 22 heavy (non-hydrogen) atoms. The summed E-state index contributed by atoms with van der Waals surface area (Å²) in [5, 5.41) is 2.67. The number of piperidine rings is 1. The van der Waals surface area contributed by atoms with E-state index in [2.05, 4.69) is 18.8 Å². The van der Waals surface area contributed by atoms with Gasteiger partial charge in [0, 0.05) is 24.5 Å². The van der Waals surface area contributed by atoms with Gasteiger partial charge in [0.15, 0.2) is 0 Å². The van der Waals surface area contributed by atoms with Crippen molar-refractivity contribution < 1.29 is 4.79 Å². The lowest BCUT2D eigenvalue weighted by Crippen LogP contribution is -2.54. The van der Waals surface area contributed by atoms with Crippen molar-refractivity contribution in [1.29, 1.82) is 0 Å². The molecule has 4 nitrogen and oxygen atoms in total. The van der Waals surface area contributed by atoms with Crippen LogP contribution in [0.4, 0.5) is 0 Å². The van der Waals surface area contributed by atoms with Gasteiger partial charge in [-0.3, -0.25) is 4.79 Å². The molecular formula is C15H18ClN3OS2. The molecule has 0 spiro atoms. The van der Waals surface area contributed by atoms with Gasteiger partial charge in [0.05, 0.1) is 9.21 Å². The monoisotopic (exact) mass is 355 g/mol. The summed E-state index contributed by atoms with van der Waals surface area (Å²) in [6.45, 7) is 5.58. The highest BCUT2D eigenvalue weighted by molar-refractivity contribution is 7.23. The average Bonchev–Trinajstić information content (AvgIpc) is 3.09. The van der Waals surface area contributed by atoms with Crippen LogP contribution in [-0.2, 0) is 0 Å². The first kappa shape index (κ1) is 15.9. The maximum absolute atomic E-state index is 12.7. The normalized spacial score (nSPS) is 21.1. The van der Waals surface area contributed by atoms with Crippen LogP contribution in [0.2, 0.25) is 4.34 Å². The van der Waals surface area contributed by atoms with E-state index in [0.29, 0.717) is 18.8 Å². The van der Waals surface area contributed by atoms with Crippen molar-refractivity contribution in [2.75, 3.05) is 13.1 Å². The van der Waals surface area contributed by atoms with Gasteiger partial charge in [0.2, 0.25) is 0 Å². The molecule has 1 aliphatic heterocycles. The van der Waals surface area contributed by atoms with E-state index in [1.54, 1.807) is 0 Å². The van der Waals surface area contributed by atoms with Crippen LogP contribution < -0.4 is 5.73 Å². The molecule has 2 N–H and O–H groups in total. The van der Waals surface area contributed by atoms with Crippen LogP contribution in [-0.4, -0.2) is 34.9 Å². The molecule has 1 fully saturated rings. The topological polar surface area (TPSA) is 59.2 Å². The second kappa shape index (κ2) is 5.92. The Kier molecular flexibility index (Phi) is 4.29. The molecule has 1 atom stereocenters. The molecule has 1 unspecified atom stereocenters. The first-order chi connectivity index (χ1) is 10.4. The van der Waals surface area contributed by atoms with Crippen molar-refractivity contribution in [3.8, 4) is 9.88 Å². The molecule has 2 aromatic rings. The lowest BCUT2D eigenvalue weighted by molar-refractivity contribution is 0.0528. The van der Waals surface area contributed by atoms with Crippen LogP contribution in [0.15, 0.2) is 17.5 Å². The van der Waals surface area contributed by atoms with E-state index in [4.69, 9.17) is 17.3 Å². The summed E-state index contributed by atoms with van der Waals surface area (Å²) in [6.07, 6.45) is 0.830. The van der Waals surface area contributed by atoms with E-state index < -0.39 is 0 Å².